The van der Waals surface area contributed by atoms with Crippen molar-refractivity contribution >= 4 is 46.2 Å². The summed E-state index contributed by atoms with van der Waals surface area (Å²) < 4.78 is 12.4. The molecule has 2 amide bonds. The molecule has 0 unspecified atom stereocenters. The van der Waals surface area contributed by atoms with Gasteiger partial charge >= 0.3 is 0 Å². The number of hydrogen-bond donors (Lipinski definition) is 4. The molecule has 0 aliphatic carbocycles. The number of ether oxygens (including phenoxy) is 2. The Labute approximate surface area is 322 Å². The number of pyridine rings is 2. The van der Waals surface area contributed by atoms with Gasteiger partial charge in [0.1, 0.15) is 18.1 Å². The topological polar surface area (TPSA) is 199 Å². The van der Waals surface area contributed by atoms with E-state index >= 15 is 0 Å². The number of nitrogens with zero attached hydrogens (tertiary/aromatic N) is 8. The molecule has 4 aromatic heterocycles. The molecule has 6 aromatic rings. The number of nitrogen functional groups attached to an aromatic ring is 1. The van der Waals surface area contributed by atoms with Gasteiger partial charge in [-0.05, 0) is 49.2 Å². The van der Waals surface area contributed by atoms with Crippen LogP contribution in [0.4, 0.5) is 34.4 Å². The van der Waals surface area contributed by atoms with Crippen molar-refractivity contribution in [3.05, 3.63) is 109 Å². The second kappa shape index (κ2) is 15.5. The summed E-state index contributed by atoms with van der Waals surface area (Å²) in [7, 11) is 1.96. The lowest BCUT2D eigenvalue weighted by Crippen LogP contribution is -2.35. The predicted octanol–water partition coefficient (Wildman–Crippen LogP) is 5.27. The van der Waals surface area contributed by atoms with Gasteiger partial charge < -0.3 is 41.0 Å². The van der Waals surface area contributed by atoms with Crippen LogP contribution < -0.4 is 41.0 Å². The minimum Gasteiger partial charge on any atom is -0.493 e. The number of benzene rings is 2. The van der Waals surface area contributed by atoms with E-state index < -0.39 is 11.8 Å². The molecule has 0 saturated carbocycles. The monoisotopic (exact) mass is 750 g/mol. The largest absolute Gasteiger partial charge is 0.493 e. The highest BCUT2D eigenvalue weighted by atomic mass is 16.5. The van der Waals surface area contributed by atoms with Crippen LogP contribution in [-0.4, -0.2) is 81.7 Å². The third kappa shape index (κ3) is 7.52. The van der Waals surface area contributed by atoms with Crippen LogP contribution in [-0.2, 0) is 0 Å². The summed E-state index contributed by atoms with van der Waals surface area (Å²) in [5, 5.41) is 9.27. The number of carbonyl (C=O) groups is 2. The number of amides is 2. The van der Waals surface area contributed by atoms with Gasteiger partial charge in [0.25, 0.3) is 11.8 Å². The van der Waals surface area contributed by atoms with E-state index in [9.17, 15) is 9.59 Å². The van der Waals surface area contributed by atoms with Crippen molar-refractivity contribution in [2.45, 2.75) is 13.3 Å². The second-order valence-corrected chi connectivity index (χ2v) is 13.2. The van der Waals surface area contributed by atoms with Crippen molar-refractivity contribution < 1.29 is 19.1 Å². The highest BCUT2D eigenvalue weighted by Gasteiger charge is 2.23. The van der Waals surface area contributed by atoms with Crippen molar-refractivity contribution in [2.24, 2.45) is 0 Å². The first kappa shape index (κ1) is 35.7. The van der Waals surface area contributed by atoms with E-state index in [1.807, 2.05) is 72.3 Å². The van der Waals surface area contributed by atoms with Gasteiger partial charge in [-0.1, -0.05) is 24.3 Å². The van der Waals surface area contributed by atoms with Gasteiger partial charge in [0.05, 0.1) is 78.7 Å². The van der Waals surface area contributed by atoms with Crippen LogP contribution in [0.3, 0.4) is 0 Å². The number of aryl methyl sites for hydroxylation is 1. The first-order valence-corrected chi connectivity index (χ1v) is 18.0. The number of fused-ring (bicyclic) bond motifs is 12. The summed E-state index contributed by atoms with van der Waals surface area (Å²) >= 11 is 0. The molecule has 0 saturated heterocycles. The van der Waals surface area contributed by atoms with E-state index in [0.717, 1.165) is 29.0 Å². The third-order valence-corrected chi connectivity index (χ3v) is 9.42. The molecule has 2 aliphatic heterocycles. The van der Waals surface area contributed by atoms with Crippen LogP contribution in [0, 0.1) is 6.92 Å². The van der Waals surface area contributed by atoms with Crippen LogP contribution in [0.5, 0.6) is 11.5 Å². The number of rotatable bonds is 3. The molecule has 16 heteroatoms. The van der Waals surface area contributed by atoms with E-state index in [0.29, 0.717) is 59.5 Å². The van der Waals surface area contributed by atoms with Gasteiger partial charge in [-0.25, -0.2) is 19.9 Å². The summed E-state index contributed by atoms with van der Waals surface area (Å²) in [4.78, 5) is 58.8. The fourth-order valence-electron chi connectivity index (χ4n) is 6.45. The maximum Gasteiger partial charge on any atom is 0.278 e. The van der Waals surface area contributed by atoms with Crippen LogP contribution in [0.2, 0.25) is 0 Å². The Hall–Kier alpha value is -7.36. The number of nitrogens with two attached hydrogens (primary N) is 1. The van der Waals surface area contributed by atoms with Gasteiger partial charge in [-0.2, -0.15) is 0 Å². The normalized spacial score (nSPS) is 14.2. The summed E-state index contributed by atoms with van der Waals surface area (Å²) in [6.07, 6.45) is 10.3. The molecule has 0 radical (unpaired) electrons. The molecule has 56 heavy (non-hydrogen) atoms. The minimum absolute atomic E-state index is 0.0188. The summed E-state index contributed by atoms with van der Waals surface area (Å²) in [5.41, 5.74) is 11.9. The van der Waals surface area contributed by atoms with E-state index in [4.69, 9.17) is 25.2 Å². The Morgan fingerprint density at radius 2 is 1.50 bits per heavy atom. The Kier molecular flexibility index (Phi) is 9.90. The molecule has 282 valence electrons. The number of nitrogens with one attached hydrogen (secondary N) is 3. The molecule has 0 atom stereocenters. The zero-order chi connectivity index (χ0) is 38.6. The van der Waals surface area contributed by atoms with Crippen LogP contribution >= 0.6 is 0 Å². The number of anilines is 6. The van der Waals surface area contributed by atoms with Gasteiger partial charge in [0.15, 0.2) is 23.0 Å². The van der Waals surface area contributed by atoms with Crippen molar-refractivity contribution in [2.75, 3.05) is 71.5 Å². The van der Waals surface area contributed by atoms with Crippen molar-refractivity contribution in [1.82, 2.24) is 29.9 Å². The average molecular weight is 751 g/mol. The zero-order valence-electron chi connectivity index (χ0n) is 30.7. The highest BCUT2D eigenvalue weighted by Crippen LogP contribution is 2.31. The maximum absolute atomic E-state index is 14.2. The van der Waals surface area contributed by atoms with E-state index in [-0.39, 0.29) is 36.3 Å². The zero-order valence-corrected chi connectivity index (χ0v) is 30.7. The van der Waals surface area contributed by atoms with E-state index in [1.165, 1.54) is 12.4 Å². The Balaban J connectivity index is 1.15. The summed E-state index contributed by atoms with van der Waals surface area (Å²) in [6, 6.07) is 16.8. The summed E-state index contributed by atoms with van der Waals surface area (Å²) in [6.45, 7) is 3.90. The van der Waals surface area contributed by atoms with Crippen molar-refractivity contribution in [1.29, 1.82) is 0 Å². The Morgan fingerprint density at radius 3 is 2.32 bits per heavy atom. The molecule has 0 fully saturated rings. The lowest BCUT2D eigenvalue weighted by molar-refractivity contribution is 0.101. The molecule has 8 rings (SSSR count). The summed E-state index contributed by atoms with van der Waals surface area (Å²) in [5.74, 6) is 0.514. The lowest BCUT2D eigenvalue weighted by Gasteiger charge is -2.28. The second-order valence-electron chi connectivity index (χ2n) is 13.2. The maximum atomic E-state index is 14.2. The molecule has 16 nitrogen and oxygen atoms in total. The van der Waals surface area contributed by atoms with Gasteiger partial charge in [0.2, 0.25) is 0 Å². The predicted molar refractivity (Wildman–Crippen MR) is 213 cm³/mol. The molecule has 0 spiro atoms. The number of aromatic nitrogens is 6. The van der Waals surface area contributed by atoms with E-state index in [2.05, 4.69) is 35.9 Å². The highest BCUT2D eigenvalue weighted by molar-refractivity contribution is 6.08. The van der Waals surface area contributed by atoms with Crippen LogP contribution in [0.1, 0.15) is 33.0 Å². The number of carbonyl (C=O) groups excluding carboxylic acids is 2. The van der Waals surface area contributed by atoms with E-state index in [1.54, 1.807) is 30.9 Å². The first-order chi connectivity index (χ1) is 27.3. The molecule has 2 aliphatic rings. The van der Waals surface area contributed by atoms with Crippen LogP contribution in [0.15, 0.2) is 91.8 Å². The lowest BCUT2D eigenvalue weighted by atomic mass is 10.1. The van der Waals surface area contributed by atoms with Crippen molar-refractivity contribution in [3.8, 4) is 34.0 Å². The molecule has 6 heterocycles. The fraction of sp³-hybridized carbons (Fsp3) is 0.200. The smallest absolute Gasteiger partial charge is 0.278 e. The standard InChI is InChI=1S/C40H38N12O4/c1-24-7-8-26-18-34(24)56-15-4-13-51(2)32-9-11-42-19-30(32)49-40(54)36-38(45-22-29(26)48-36)46-23-52-14-16-55-27-6-3-5-25(17-27)28-21-44-37(41)35(47-28)39(53)50-31-20-43-12-10-33(31)52/h3,5-12,17-22H,4,13-16,23H2,1-2H3,(H2,41,44)(H,45,46)(H,49,54)(H,50,53). The first-order valence-electron chi connectivity index (χ1n) is 18.0. The van der Waals surface area contributed by atoms with Crippen LogP contribution in [0.25, 0.3) is 22.5 Å². The third-order valence-electron chi connectivity index (χ3n) is 9.42. The van der Waals surface area contributed by atoms with Gasteiger partial charge in [-0.3, -0.25) is 19.6 Å². The Morgan fingerprint density at radius 1 is 0.786 bits per heavy atom. The SMILES string of the molecule is Cc1ccc2cc1OCCCN(C)c1ccncc1NC(=O)c1nc-2cnc1NCN1CCOc2cccc(c2)-c2cnc(N)c(n2)C(=O)Nc2cnccc21. The molecule has 8 bridgehead atoms. The van der Waals surface area contributed by atoms with Gasteiger partial charge in [0, 0.05) is 37.1 Å². The molecular formula is C40H38N12O4. The number of hydrogen-bond acceptors (Lipinski definition) is 14. The van der Waals surface area contributed by atoms with Gasteiger partial charge in [-0.15, -0.1) is 0 Å². The molecular weight excluding hydrogens is 713 g/mol. The minimum atomic E-state index is -0.552. The van der Waals surface area contributed by atoms with Crippen molar-refractivity contribution in [3.63, 3.8) is 0 Å². The average Bonchev–Trinajstić information content (AvgIpc) is 3.21. The molecule has 5 N–H and O–H groups in total. The Bertz CT molecular complexity index is 2440. The quantitative estimate of drug-likeness (QED) is 0.182. The molecule has 2 aromatic carbocycles. The fourth-order valence-corrected chi connectivity index (χ4v) is 6.45.